The van der Waals surface area contributed by atoms with Crippen molar-refractivity contribution in [1.82, 2.24) is 34.7 Å². The quantitative estimate of drug-likeness (QED) is 0.448. The SMILES string of the molecule is Cn1c(SCc2nc(N)nc(Nc3ccc(Cl)cc3)n2)nnc1-c1cccnc1. The molecule has 0 saturated carbocycles. The molecule has 0 saturated heterocycles. The smallest absolute Gasteiger partial charge is 0.232 e. The summed E-state index contributed by atoms with van der Waals surface area (Å²) >= 11 is 7.37. The minimum atomic E-state index is 0.140. The van der Waals surface area contributed by atoms with Gasteiger partial charge < -0.3 is 15.6 Å². The van der Waals surface area contributed by atoms with Crippen LogP contribution < -0.4 is 11.1 Å². The first kappa shape index (κ1) is 19.1. The Labute approximate surface area is 175 Å². The van der Waals surface area contributed by atoms with E-state index in [1.807, 2.05) is 35.9 Å². The molecule has 0 unspecified atom stereocenters. The minimum absolute atomic E-state index is 0.140. The predicted octanol–water partition coefficient (Wildman–Crippen LogP) is 3.33. The van der Waals surface area contributed by atoms with E-state index in [1.54, 1.807) is 24.5 Å². The Morgan fingerprint density at radius 1 is 1.10 bits per heavy atom. The highest BCUT2D eigenvalue weighted by Gasteiger charge is 2.13. The molecule has 0 aliphatic carbocycles. The van der Waals surface area contributed by atoms with Crippen molar-refractivity contribution in [2.75, 3.05) is 11.1 Å². The fourth-order valence-electron chi connectivity index (χ4n) is 2.54. The van der Waals surface area contributed by atoms with Crippen LogP contribution in [0.15, 0.2) is 53.9 Å². The van der Waals surface area contributed by atoms with E-state index in [2.05, 4.69) is 35.5 Å². The van der Waals surface area contributed by atoms with Crippen molar-refractivity contribution >= 4 is 40.9 Å². The topological polar surface area (TPSA) is 120 Å². The molecule has 3 heterocycles. The number of nitrogens with zero attached hydrogens (tertiary/aromatic N) is 7. The molecule has 4 rings (SSSR count). The highest BCUT2D eigenvalue weighted by Crippen LogP contribution is 2.24. The molecule has 9 nitrogen and oxygen atoms in total. The first-order valence-electron chi connectivity index (χ1n) is 8.54. The summed E-state index contributed by atoms with van der Waals surface area (Å²) in [6.07, 6.45) is 3.47. The van der Waals surface area contributed by atoms with Gasteiger partial charge in [0.2, 0.25) is 11.9 Å². The number of thioether (sulfide) groups is 1. The van der Waals surface area contributed by atoms with Gasteiger partial charge in [0.15, 0.2) is 11.0 Å². The van der Waals surface area contributed by atoms with Gasteiger partial charge in [-0.2, -0.15) is 15.0 Å². The van der Waals surface area contributed by atoms with Gasteiger partial charge >= 0.3 is 0 Å². The zero-order valence-electron chi connectivity index (χ0n) is 15.3. The maximum Gasteiger partial charge on any atom is 0.232 e. The third kappa shape index (κ3) is 4.61. The predicted molar refractivity (Wildman–Crippen MR) is 113 cm³/mol. The second kappa shape index (κ2) is 8.41. The highest BCUT2D eigenvalue weighted by atomic mass is 35.5. The molecule has 0 aliphatic heterocycles. The van der Waals surface area contributed by atoms with E-state index in [9.17, 15) is 0 Å². The first-order chi connectivity index (χ1) is 14.1. The van der Waals surface area contributed by atoms with E-state index >= 15 is 0 Å². The van der Waals surface area contributed by atoms with Crippen LogP contribution in [0.1, 0.15) is 5.82 Å². The molecule has 1 aromatic carbocycles. The minimum Gasteiger partial charge on any atom is -0.368 e. The van der Waals surface area contributed by atoms with Gasteiger partial charge in [-0.25, -0.2) is 0 Å². The number of anilines is 3. The lowest BCUT2D eigenvalue weighted by Crippen LogP contribution is -2.06. The molecule has 3 aromatic heterocycles. The fraction of sp³-hybridized carbons (Fsp3) is 0.111. The van der Waals surface area contributed by atoms with Crippen molar-refractivity contribution in [3.63, 3.8) is 0 Å². The summed E-state index contributed by atoms with van der Waals surface area (Å²) in [5.41, 5.74) is 7.54. The third-order valence-electron chi connectivity index (χ3n) is 3.88. The van der Waals surface area contributed by atoms with Gasteiger partial charge in [0.1, 0.15) is 5.82 Å². The number of pyridine rings is 1. The van der Waals surface area contributed by atoms with E-state index in [4.69, 9.17) is 17.3 Å². The van der Waals surface area contributed by atoms with Crippen LogP contribution in [0, 0.1) is 0 Å². The Morgan fingerprint density at radius 3 is 2.69 bits per heavy atom. The molecule has 4 aromatic rings. The number of halogens is 1. The van der Waals surface area contributed by atoms with Crippen molar-refractivity contribution in [1.29, 1.82) is 0 Å². The second-order valence-electron chi connectivity index (χ2n) is 5.96. The van der Waals surface area contributed by atoms with E-state index in [0.29, 0.717) is 22.5 Å². The molecule has 0 spiro atoms. The summed E-state index contributed by atoms with van der Waals surface area (Å²) in [7, 11) is 1.90. The van der Waals surface area contributed by atoms with Crippen LogP contribution in [0.3, 0.4) is 0 Å². The number of hydrogen-bond donors (Lipinski definition) is 2. The third-order valence-corrected chi connectivity index (χ3v) is 5.15. The van der Waals surface area contributed by atoms with Crippen LogP contribution in [-0.2, 0) is 12.8 Å². The summed E-state index contributed by atoms with van der Waals surface area (Å²) in [6.45, 7) is 0. The molecule has 0 bridgehead atoms. The standard InChI is InChI=1S/C18H16ClN9S/c1-28-15(11-3-2-8-21-9-11)26-27-18(28)29-10-14-23-16(20)25-17(24-14)22-13-6-4-12(19)5-7-13/h2-9H,10H2,1H3,(H3,20,22,23,24,25). The van der Waals surface area contributed by atoms with Crippen molar-refractivity contribution in [3.8, 4) is 11.4 Å². The molecule has 11 heteroatoms. The largest absolute Gasteiger partial charge is 0.368 e. The van der Waals surface area contributed by atoms with Crippen LogP contribution in [0.2, 0.25) is 5.02 Å². The number of nitrogens with one attached hydrogen (secondary N) is 1. The van der Waals surface area contributed by atoms with E-state index in [0.717, 1.165) is 22.2 Å². The maximum absolute atomic E-state index is 5.91. The van der Waals surface area contributed by atoms with Crippen LogP contribution in [0.4, 0.5) is 17.6 Å². The summed E-state index contributed by atoms with van der Waals surface area (Å²) in [5.74, 6) is 2.23. The molecule has 0 amide bonds. The Bertz CT molecular complexity index is 1120. The molecular formula is C18H16ClN9S. The van der Waals surface area contributed by atoms with Gasteiger partial charge in [0, 0.05) is 35.7 Å². The summed E-state index contributed by atoms with van der Waals surface area (Å²) < 4.78 is 1.90. The molecule has 0 atom stereocenters. The number of rotatable bonds is 6. The second-order valence-corrected chi connectivity index (χ2v) is 7.34. The average molecular weight is 426 g/mol. The van der Waals surface area contributed by atoms with Gasteiger partial charge in [-0.15, -0.1) is 10.2 Å². The van der Waals surface area contributed by atoms with Gasteiger partial charge in [-0.1, -0.05) is 23.4 Å². The van der Waals surface area contributed by atoms with Crippen LogP contribution in [0.5, 0.6) is 0 Å². The Hall–Kier alpha value is -3.24. The van der Waals surface area contributed by atoms with Gasteiger partial charge in [-0.05, 0) is 36.4 Å². The van der Waals surface area contributed by atoms with E-state index in [-0.39, 0.29) is 5.95 Å². The molecule has 29 heavy (non-hydrogen) atoms. The molecule has 0 fully saturated rings. The summed E-state index contributed by atoms with van der Waals surface area (Å²) in [5, 5.41) is 13.0. The number of aromatic nitrogens is 7. The Morgan fingerprint density at radius 2 is 1.93 bits per heavy atom. The molecular weight excluding hydrogens is 410 g/mol. The Kier molecular flexibility index (Phi) is 5.54. The zero-order chi connectivity index (χ0) is 20.2. The lowest BCUT2D eigenvalue weighted by atomic mass is 10.3. The number of nitrogens with two attached hydrogens (primary N) is 1. The van der Waals surface area contributed by atoms with Gasteiger partial charge in [0.05, 0.1) is 5.75 Å². The van der Waals surface area contributed by atoms with E-state index < -0.39 is 0 Å². The van der Waals surface area contributed by atoms with Gasteiger partial charge in [0.25, 0.3) is 0 Å². The highest BCUT2D eigenvalue weighted by molar-refractivity contribution is 7.98. The lowest BCUT2D eigenvalue weighted by molar-refractivity contribution is 0.792. The number of benzene rings is 1. The molecule has 0 radical (unpaired) electrons. The normalized spacial score (nSPS) is 10.8. The summed E-state index contributed by atoms with van der Waals surface area (Å²) in [6, 6.07) is 11.0. The van der Waals surface area contributed by atoms with Crippen molar-refractivity contribution < 1.29 is 0 Å². The zero-order valence-corrected chi connectivity index (χ0v) is 16.9. The summed E-state index contributed by atoms with van der Waals surface area (Å²) in [4.78, 5) is 16.9. The number of hydrogen-bond acceptors (Lipinski definition) is 9. The fourth-order valence-corrected chi connectivity index (χ4v) is 3.43. The average Bonchev–Trinajstić information content (AvgIpc) is 3.09. The lowest BCUT2D eigenvalue weighted by Gasteiger charge is -2.07. The van der Waals surface area contributed by atoms with Crippen LogP contribution >= 0.6 is 23.4 Å². The van der Waals surface area contributed by atoms with E-state index in [1.165, 1.54) is 11.8 Å². The van der Waals surface area contributed by atoms with Crippen molar-refractivity contribution in [2.24, 2.45) is 7.05 Å². The monoisotopic (exact) mass is 425 g/mol. The van der Waals surface area contributed by atoms with Crippen LogP contribution in [-0.4, -0.2) is 34.7 Å². The van der Waals surface area contributed by atoms with Crippen molar-refractivity contribution in [2.45, 2.75) is 10.9 Å². The first-order valence-corrected chi connectivity index (χ1v) is 9.90. The Balaban J connectivity index is 1.48. The molecule has 3 N–H and O–H groups in total. The number of nitrogen functional groups attached to an aromatic ring is 1. The van der Waals surface area contributed by atoms with Gasteiger partial charge in [-0.3, -0.25) is 4.98 Å². The van der Waals surface area contributed by atoms with Crippen molar-refractivity contribution in [3.05, 3.63) is 59.6 Å². The molecule has 146 valence electrons. The maximum atomic E-state index is 5.91. The van der Waals surface area contributed by atoms with Crippen LogP contribution in [0.25, 0.3) is 11.4 Å². The molecule has 0 aliphatic rings.